The Morgan fingerprint density at radius 2 is 0.719 bits per heavy atom. The number of rotatable bonds is 6. The molecule has 0 aliphatic carbocycles. The zero-order chi connectivity index (χ0) is 42.1. The summed E-state index contributed by atoms with van der Waals surface area (Å²) in [6, 6.07) is 74.1. The van der Waals surface area contributed by atoms with Crippen LogP contribution in [0.25, 0.3) is 132 Å². The number of pyridine rings is 1. The lowest BCUT2D eigenvalue weighted by molar-refractivity contribution is 1.07. The van der Waals surface area contributed by atoms with E-state index in [2.05, 4.69) is 163 Å². The van der Waals surface area contributed by atoms with E-state index < -0.39 is 0 Å². The number of nitrogens with zero attached hydrogens (tertiary/aromatic N) is 4. The van der Waals surface area contributed by atoms with Crippen molar-refractivity contribution in [1.82, 2.24) is 19.9 Å². The average molecular weight is 813 g/mol. The highest BCUT2D eigenvalue weighted by Crippen LogP contribution is 2.45. The fraction of sp³-hybridized carbons (Fsp3) is 0. The van der Waals surface area contributed by atoms with Crippen LogP contribution in [0, 0.1) is 0 Å². The van der Waals surface area contributed by atoms with E-state index in [9.17, 15) is 0 Å². The van der Waals surface area contributed by atoms with Crippen LogP contribution in [0.1, 0.15) is 0 Å². The highest BCUT2D eigenvalue weighted by Gasteiger charge is 2.19. The van der Waals surface area contributed by atoms with Crippen LogP contribution in [0.3, 0.4) is 0 Å². The van der Waals surface area contributed by atoms with Crippen LogP contribution in [0.4, 0.5) is 0 Å². The Balaban J connectivity index is 1.02. The lowest BCUT2D eigenvalue weighted by Crippen LogP contribution is -2.01. The molecule has 0 amide bonds. The van der Waals surface area contributed by atoms with Gasteiger partial charge in [-0.25, -0.2) is 15.0 Å². The van der Waals surface area contributed by atoms with E-state index in [1.54, 1.807) is 6.20 Å². The smallest absolute Gasteiger partial charge is 0.164 e. The molecule has 64 heavy (non-hydrogen) atoms. The normalized spacial score (nSPS) is 11.8. The topological polar surface area (TPSA) is 51.6 Å². The van der Waals surface area contributed by atoms with Crippen molar-refractivity contribution < 1.29 is 0 Å². The predicted molar refractivity (Wildman–Crippen MR) is 266 cm³/mol. The van der Waals surface area contributed by atoms with Gasteiger partial charge in [0, 0.05) is 34.6 Å². The minimum atomic E-state index is 0.606. The minimum absolute atomic E-state index is 0.606. The molecule has 0 fully saturated rings. The van der Waals surface area contributed by atoms with Crippen molar-refractivity contribution in [1.29, 1.82) is 0 Å². The molecule has 13 aromatic rings. The second-order valence-corrected chi connectivity index (χ2v) is 16.6. The Bertz CT molecular complexity index is 3950. The second kappa shape index (κ2) is 14.5. The second-order valence-electron chi connectivity index (χ2n) is 16.6. The zero-order valence-corrected chi connectivity index (χ0v) is 34.6. The Labute approximate surface area is 369 Å². The standard InChI is InChI=1S/C60H36N4/c1-2-13-40(14-3-1)58-62-59(64-60(63-58)52-24-7-6-22-47(52)44-20-12-32-61-36-44)43-19-8-18-41(33-43)46-21-4-5-23-48(46)45-34-42-31-30-39-16-10-26-50-49-25-9-15-37-28-29-38-17-11-27-51(56(38)54(37)49)53(35-45)57(42)55(39)50/h1-36H. The Morgan fingerprint density at radius 1 is 0.250 bits per heavy atom. The van der Waals surface area contributed by atoms with Crippen molar-refractivity contribution in [3.63, 3.8) is 0 Å². The van der Waals surface area contributed by atoms with Gasteiger partial charge >= 0.3 is 0 Å². The van der Waals surface area contributed by atoms with E-state index in [-0.39, 0.29) is 0 Å². The number of hydrogen-bond acceptors (Lipinski definition) is 4. The van der Waals surface area contributed by atoms with Crippen molar-refractivity contribution >= 4 is 64.6 Å². The fourth-order valence-electron chi connectivity index (χ4n) is 10.0. The van der Waals surface area contributed by atoms with E-state index in [4.69, 9.17) is 15.0 Å². The lowest BCUT2D eigenvalue weighted by atomic mass is 9.85. The number of fused-ring (bicyclic) bond motifs is 2. The van der Waals surface area contributed by atoms with Crippen LogP contribution in [-0.2, 0) is 0 Å². The largest absolute Gasteiger partial charge is 0.264 e. The summed E-state index contributed by atoms with van der Waals surface area (Å²) in [5, 5.41) is 15.2. The predicted octanol–water partition coefficient (Wildman–Crippen LogP) is 15.6. The maximum atomic E-state index is 5.21. The van der Waals surface area contributed by atoms with E-state index in [0.29, 0.717) is 17.5 Å². The molecule has 0 radical (unpaired) electrons. The first kappa shape index (κ1) is 36.1. The van der Waals surface area contributed by atoms with E-state index in [1.165, 1.54) is 70.2 Å². The molecule has 11 aromatic carbocycles. The third-order valence-electron chi connectivity index (χ3n) is 12.9. The molecule has 0 aliphatic heterocycles. The summed E-state index contributed by atoms with van der Waals surface area (Å²) in [4.78, 5) is 19.9. The van der Waals surface area contributed by atoms with Crippen LogP contribution in [0.5, 0.6) is 0 Å². The molecule has 296 valence electrons. The Hall–Kier alpha value is -8.60. The minimum Gasteiger partial charge on any atom is -0.264 e. The van der Waals surface area contributed by atoms with Crippen molar-refractivity contribution in [3.8, 4) is 67.5 Å². The van der Waals surface area contributed by atoms with Crippen molar-refractivity contribution in [2.45, 2.75) is 0 Å². The van der Waals surface area contributed by atoms with Gasteiger partial charge in [-0.05, 0) is 117 Å². The summed E-state index contributed by atoms with van der Waals surface area (Å²) in [6.45, 7) is 0. The highest BCUT2D eigenvalue weighted by molar-refractivity contribution is 6.37. The van der Waals surface area contributed by atoms with Gasteiger partial charge in [-0.2, -0.15) is 0 Å². The summed E-state index contributed by atoms with van der Waals surface area (Å²) < 4.78 is 0. The van der Waals surface area contributed by atoms with Gasteiger partial charge in [-0.3, -0.25) is 4.98 Å². The van der Waals surface area contributed by atoms with Gasteiger partial charge in [-0.1, -0.05) is 182 Å². The van der Waals surface area contributed by atoms with Gasteiger partial charge in [0.1, 0.15) is 0 Å². The van der Waals surface area contributed by atoms with Gasteiger partial charge in [0.05, 0.1) is 0 Å². The molecule has 4 nitrogen and oxygen atoms in total. The molecule has 0 aliphatic rings. The molecular weight excluding hydrogens is 777 g/mol. The summed E-state index contributed by atoms with van der Waals surface area (Å²) in [7, 11) is 0. The fourth-order valence-corrected chi connectivity index (χ4v) is 10.0. The lowest BCUT2D eigenvalue weighted by Gasteiger charge is -2.18. The van der Waals surface area contributed by atoms with E-state index >= 15 is 0 Å². The third-order valence-corrected chi connectivity index (χ3v) is 12.9. The summed E-state index contributed by atoms with van der Waals surface area (Å²) in [5.41, 5.74) is 9.30. The van der Waals surface area contributed by atoms with Gasteiger partial charge in [0.2, 0.25) is 0 Å². The van der Waals surface area contributed by atoms with Crippen molar-refractivity contribution in [2.75, 3.05) is 0 Å². The average Bonchev–Trinajstić information content (AvgIpc) is 3.37. The first-order chi connectivity index (χ1) is 31.7. The molecule has 0 bridgehead atoms. The molecule has 2 heterocycles. The summed E-state index contributed by atoms with van der Waals surface area (Å²) >= 11 is 0. The number of benzene rings is 10. The molecule has 2 aromatic heterocycles. The molecule has 0 N–H and O–H groups in total. The summed E-state index contributed by atoms with van der Waals surface area (Å²) in [5.74, 6) is 1.83. The molecule has 0 saturated heterocycles. The Morgan fingerprint density at radius 3 is 1.36 bits per heavy atom. The van der Waals surface area contributed by atoms with Crippen LogP contribution in [-0.4, -0.2) is 19.9 Å². The van der Waals surface area contributed by atoms with E-state index in [1.807, 2.05) is 54.7 Å². The van der Waals surface area contributed by atoms with Crippen LogP contribution in [0.15, 0.2) is 219 Å². The number of aromatic nitrogens is 4. The molecule has 4 heteroatoms. The van der Waals surface area contributed by atoms with Gasteiger partial charge in [0.15, 0.2) is 17.5 Å². The Kier molecular flexibility index (Phi) is 8.18. The SMILES string of the molecule is c1ccc(-c2nc(-c3cccc(-c4ccccc4-c4cc5ccc6cccc7c8cccc9ccc%10cccc(c(c4)c5c67)c%10c98)c3)nc(-c3ccccc3-c3cccnc3)n2)cc1. The molecule has 0 unspecified atom stereocenters. The van der Waals surface area contributed by atoms with Crippen LogP contribution in [0.2, 0.25) is 0 Å². The van der Waals surface area contributed by atoms with Crippen molar-refractivity contribution in [2.24, 2.45) is 0 Å². The first-order valence-electron chi connectivity index (χ1n) is 21.7. The quantitative estimate of drug-likeness (QED) is 0.157. The van der Waals surface area contributed by atoms with Gasteiger partial charge in [-0.15, -0.1) is 0 Å². The molecule has 13 rings (SSSR count). The summed E-state index contributed by atoms with van der Waals surface area (Å²) in [6.07, 6.45) is 3.67. The van der Waals surface area contributed by atoms with Crippen LogP contribution < -0.4 is 0 Å². The zero-order valence-electron chi connectivity index (χ0n) is 34.6. The monoisotopic (exact) mass is 812 g/mol. The molecular formula is C60H36N4. The van der Waals surface area contributed by atoms with Gasteiger partial charge in [0.25, 0.3) is 0 Å². The maximum absolute atomic E-state index is 5.21. The maximum Gasteiger partial charge on any atom is 0.164 e. The van der Waals surface area contributed by atoms with Crippen LogP contribution >= 0.6 is 0 Å². The molecule has 0 spiro atoms. The van der Waals surface area contributed by atoms with Crippen molar-refractivity contribution in [3.05, 3.63) is 219 Å². The number of hydrogen-bond donors (Lipinski definition) is 0. The van der Waals surface area contributed by atoms with Gasteiger partial charge < -0.3 is 0 Å². The third kappa shape index (κ3) is 5.77. The first-order valence-corrected chi connectivity index (χ1v) is 21.7. The van der Waals surface area contributed by atoms with E-state index in [0.717, 1.165) is 44.5 Å². The highest BCUT2D eigenvalue weighted by atomic mass is 15.0. The molecule has 0 saturated carbocycles. The molecule has 0 atom stereocenters.